The number of benzene rings is 2. The van der Waals surface area contributed by atoms with Gasteiger partial charge in [-0.2, -0.15) is 0 Å². The lowest BCUT2D eigenvalue weighted by molar-refractivity contribution is 0.0281. The number of carboxylic acids is 1. The van der Waals surface area contributed by atoms with Crippen LogP contribution in [0.1, 0.15) is 95.4 Å². The number of carboxylic acid groups (broad SMARTS) is 1. The van der Waals surface area contributed by atoms with Crippen LogP contribution in [0.5, 0.6) is 11.5 Å². The summed E-state index contributed by atoms with van der Waals surface area (Å²) in [6, 6.07) is 12.3. The highest BCUT2D eigenvalue weighted by atomic mass is 16.5. The fourth-order valence-electron chi connectivity index (χ4n) is 5.22. The summed E-state index contributed by atoms with van der Waals surface area (Å²) >= 11 is 0. The van der Waals surface area contributed by atoms with Crippen molar-refractivity contribution in [2.75, 3.05) is 0 Å². The fourth-order valence-corrected chi connectivity index (χ4v) is 5.22. The van der Waals surface area contributed by atoms with Crippen molar-refractivity contribution in [3.05, 3.63) is 83.0 Å². The molecule has 2 atom stereocenters. The zero-order chi connectivity index (χ0) is 29.4. The second-order valence-electron chi connectivity index (χ2n) is 12.0. The van der Waals surface area contributed by atoms with Crippen molar-refractivity contribution >= 4 is 11.9 Å². The van der Waals surface area contributed by atoms with Crippen LogP contribution in [0.4, 0.5) is 0 Å². The number of aromatic carboxylic acids is 1. The van der Waals surface area contributed by atoms with Crippen LogP contribution in [-0.2, 0) is 4.74 Å². The summed E-state index contributed by atoms with van der Waals surface area (Å²) in [5.74, 6) is -1.82. The number of aliphatic hydroxyl groups is 1. The van der Waals surface area contributed by atoms with E-state index in [1.807, 2.05) is 12.2 Å². The summed E-state index contributed by atoms with van der Waals surface area (Å²) in [5.41, 5.74) is 3.16. The molecule has 0 saturated carbocycles. The standard InChI is InChI=1S/C16H20O3.C9H16O.C7H6O3.CH4/c1-11-8-12(10-16(2,3)9-11)19-15(18)13-6-4-5-7-14(13)17;1-7-4-8(10)6-9(2,3)5-7;8-6-4-2-1-3-5(6)7(9)10;/h4-8,12,17H,9-10H2,1-3H3;4,8,10H,5-6H2,1-3H3;1-4,8H,(H,9,10);1H4. The molecule has 2 unspecified atom stereocenters. The number of allylic oxidation sites excluding steroid dienone is 2. The van der Waals surface area contributed by atoms with Gasteiger partial charge in [0.2, 0.25) is 0 Å². The van der Waals surface area contributed by atoms with Crippen molar-refractivity contribution < 1.29 is 34.8 Å². The van der Waals surface area contributed by atoms with E-state index in [1.165, 1.54) is 29.3 Å². The SMILES string of the molecule is C.CC1=CC(O)CC(C)(C)C1.CC1=CC(OC(=O)c2ccccc2O)CC(C)(C)C1.O=C(O)c1ccccc1O. The van der Waals surface area contributed by atoms with Gasteiger partial charge in [0, 0.05) is 0 Å². The summed E-state index contributed by atoms with van der Waals surface area (Å²) in [6.07, 6.45) is 7.42. The van der Waals surface area contributed by atoms with Crippen molar-refractivity contribution in [1.82, 2.24) is 0 Å². The molecule has 0 aromatic heterocycles. The van der Waals surface area contributed by atoms with E-state index in [1.54, 1.807) is 30.3 Å². The Morgan fingerprint density at radius 3 is 1.62 bits per heavy atom. The molecule has 0 fully saturated rings. The highest BCUT2D eigenvalue weighted by Crippen LogP contribution is 2.37. The molecule has 0 saturated heterocycles. The molecule has 7 nitrogen and oxygen atoms in total. The number of ether oxygens (including phenoxy) is 1. The van der Waals surface area contributed by atoms with Gasteiger partial charge in [0.05, 0.1) is 6.10 Å². The van der Waals surface area contributed by atoms with Gasteiger partial charge in [-0.05, 0) is 80.7 Å². The third-order valence-corrected chi connectivity index (χ3v) is 6.49. The summed E-state index contributed by atoms with van der Waals surface area (Å²) in [6.45, 7) is 12.9. The van der Waals surface area contributed by atoms with Crippen LogP contribution >= 0.6 is 0 Å². The van der Waals surface area contributed by atoms with Gasteiger partial charge in [-0.3, -0.25) is 0 Å². The number of phenols is 2. The number of hydrogen-bond donors (Lipinski definition) is 4. The minimum Gasteiger partial charge on any atom is -0.507 e. The Hall–Kier alpha value is -3.58. The second kappa shape index (κ2) is 14.7. The summed E-state index contributed by atoms with van der Waals surface area (Å²) in [5, 5.41) is 36.3. The quantitative estimate of drug-likeness (QED) is 0.228. The molecule has 0 aliphatic heterocycles. The van der Waals surface area contributed by atoms with Gasteiger partial charge in [0.15, 0.2) is 0 Å². The molecule has 2 aromatic rings. The maximum Gasteiger partial charge on any atom is 0.342 e. The molecule has 2 aliphatic rings. The Bertz CT molecular complexity index is 1210. The molecule has 4 rings (SSSR count). The molecule has 2 aliphatic carbocycles. The highest BCUT2D eigenvalue weighted by molar-refractivity contribution is 5.92. The monoisotopic (exact) mass is 554 g/mol. The summed E-state index contributed by atoms with van der Waals surface area (Å²) < 4.78 is 5.49. The Kier molecular flexibility index (Phi) is 12.7. The van der Waals surface area contributed by atoms with E-state index in [2.05, 4.69) is 41.5 Å². The molecule has 0 spiro atoms. The largest absolute Gasteiger partial charge is 0.507 e. The molecule has 2 aromatic carbocycles. The molecule has 0 bridgehead atoms. The first-order valence-corrected chi connectivity index (χ1v) is 13.1. The van der Waals surface area contributed by atoms with Crippen molar-refractivity contribution in [3.8, 4) is 11.5 Å². The number of aromatic hydroxyl groups is 2. The van der Waals surface area contributed by atoms with Gasteiger partial charge in [0.25, 0.3) is 0 Å². The van der Waals surface area contributed by atoms with Crippen LogP contribution in [0, 0.1) is 10.8 Å². The van der Waals surface area contributed by atoms with Crippen LogP contribution in [0.25, 0.3) is 0 Å². The number of phenolic OH excluding ortho intramolecular Hbond substituents is 1. The Balaban J connectivity index is 0.000000324. The first kappa shape index (κ1) is 34.4. The molecular weight excluding hydrogens is 508 g/mol. The fraction of sp³-hybridized carbons (Fsp3) is 0.455. The number of aliphatic hydroxyl groups excluding tert-OH is 1. The Labute approximate surface area is 238 Å². The van der Waals surface area contributed by atoms with Crippen molar-refractivity contribution in [3.63, 3.8) is 0 Å². The van der Waals surface area contributed by atoms with E-state index in [9.17, 15) is 19.8 Å². The van der Waals surface area contributed by atoms with Crippen molar-refractivity contribution in [1.29, 1.82) is 0 Å². The van der Waals surface area contributed by atoms with Gasteiger partial charge in [-0.1, -0.05) is 76.6 Å². The number of esters is 1. The van der Waals surface area contributed by atoms with Gasteiger partial charge < -0.3 is 25.2 Å². The molecule has 7 heteroatoms. The third kappa shape index (κ3) is 11.3. The zero-order valence-electron chi connectivity index (χ0n) is 23.8. The smallest absolute Gasteiger partial charge is 0.342 e. The lowest BCUT2D eigenvalue weighted by Crippen LogP contribution is -2.28. The van der Waals surface area contributed by atoms with Crippen LogP contribution < -0.4 is 0 Å². The second-order valence-corrected chi connectivity index (χ2v) is 12.0. The predicted molar refractivity (Wildman–Crippen MR) is 159 cm³/mol. The van der Waals surface area contributed by atoms with Crippen molar-refractivity contribution in [2.24, 2.45) is 10.8 Å². The molecule has 40 heavy (non-hydrogen) atoms. The van der Waals surface area contributed by atoms with Gasteiger partial charge >= 0.3 is 11.9 Å². The normalized spacial score (nSPS) is 20.5. The maximum absolute atomic E-state index is 12.0. The average molecular weight is 555 g/mol. The first-order chi connectivity index (χ1) is 18.1. The highest BCUT2D eigenvalue weighted by Gasteiger charge is 2.30. The molecule has 0 radical (unpaired) electrons. The molecule has 4 N–H and O–H groups in total. The van der Waals surface area contributed by atoms with E-state index in [4.69, 9.17) is 14.9 Å². The molecular formula is C33H46O7. The van der Waals surface area contributed by atoms with Crippen LogP contribution in [0.15, 0.2) is 71.8 Å². The van der Waals surface area contributed by atoms with Crippen LogP contribution in [-0.4, -0.2) is 44.6 Å². The molecule has 0 amide bonds. The van der Waals surface area contributed by atoms with Crippen LogP contribution in [0.2, 0.25) is 0 Å². The average Bonchev–Trinajstić information content (AvgIpc) is 2.77. The Morgan fingerprint density at radius 2 is 1.23 bits per heavy atom. The van der Waals surface area contributed by atoms with Crippen LogP contribution in [0.3, 0.4) is 0 Å². The summed E-state index contributed by atoms with van der Waals surface area (Å²) in [7, 11) is 0. The first-order valence-electron chi connectivity index (χ1n) is 13.1. The third-order valence-electron chi connectivity index (χ3n) is 6.49. The van der Waals surface area contributed by atoms with Gasteiger partial charge in [0.1, 0.15) is 28.7 Å². The number of para-hydroxylation sites is 2. The number of carbonyl (C=O) groups is 2. The Morgan fingerprint density at radius 1 is 0.775 bits per heavy atom. The van der Waals surface area contributed by atoms with E-state index >= 15 is 0 Å². The van der Waals surface area contributed by atoms with E-state index < -0.39 is 11.9 Å². The number of rotatable bonds is 3. The van der Waals surface area contributed by atoms with Gasteiger partial charge in [-0.15, -0.1) is 0 Å². The van der Waals surface area contributed by atoms with E-state index in [0.717, 1.165) is 25.7 Å². The number of carbonyl (C=O) groups excluding carboxylic acids is 1. The molecule has 220 valence electrons. The minimum absolute atomic E-state index is 0. The minimum atomic E-state index is -1.11. The topological polar surface area (TPSA) is 124 Å². The maximum atomic E-state index is 12.0. The number of hydrogen-bond acceptors (Lipinski definition) is 6. The lowest BCUT2D eigenvalue weighted by Gasteiger charge is -2.33. The van der Waals surface area contributed by atoms with E-state index in [0.29, 0.717) is 5.41 Å². The predicted octanol–water partition coefficient (Wildman–Crippen LogP) is 7.52. The van der Waals surface area contributed by atoms with Crippen molar-refractivity contribution in [2.45, 2.75) is 86.9 Å². The van der Waals surface area contributed by atoms with Gasteiger partial charge in [-0.25, -0.2) is 9.59 Å². The summed E-state index contributed by atoms with van der Waals surface area (Å²) in [4.78, 5) is 22.3. The molecule has 0 heterocycles. The van der Waals surface area contributed by atoms with E-state index in [-0.39, 0.29) is 47.7 Å². The lowest BCUT2D eigenvalue weighted by atomic mass is 9.76. The zero-order valence-corrected chi connectivity index (χ0v) is 23.8.